The zero-order chi connectivity index (χ0) is 24.7. The Morgan fingerprint density at radius 2 is 1.68 bits per heavy atom. The minimum Gasteiger partial charge on any atom is -0.404 e. The summed E-state index contributed by atoms with van der Waals surface area (Å²) >= 11 is 0. The van der Waals surface area contributed by atoms with Gasteiger partial charge in [0.05, 0.1) is 5.56 Å². The maximum atomic E-state index is 13.5. The Kier molecular flexibility index (Phi) is 5.80. The third-order valence-corrected chi connectivity index (χ3v) is 6.26. The van der Waals surface area contributed by atoms with Gasteiger partial charge in [0.2, 0.25) is 0 Å². The van der Waals surface area contributed by atoms with E-state index >= 15 is 0 Å². The number of rotatable bonds is 5. The molecule has 2 heterocycles. The number of cyclic esters (lactones) is 1. The zero-order valence-electron chi connectivity index (χ0n) is 18.4. The number of aromatic nitrogens is 1. The highest BCUT2D eigenvalue weighted by Gasteiger charge is 2.35. The van der Waals surface area contributed by atoms with E-state index in [9.17, 15) is 27.6 Å². The first kappa shape index (κ1) is 23.3. The first-order valence-electron chi connectivity index (χ1n) is 10.7. The van der Waals surface area contributed by atoms with Gasteiger partial charge in [-0.3, -0.25) is 14.9 Å². The molecule has 1 aliphatic rings. The van der Waals surface area contributed by atoms with E-state index in [0.717, 1.165) is 6.07 Å². The second kappa shape index (κ2) is 8.48. The molecule has 2 N–H and O–H groups in total. The van der Waals surface area contributed by atoms with E-state index in [1.807, 2.05) is 19.2 Å². The monoisotopic (exact) mass is 470 g/mol. The van der Waals surface area contributed by atoms with E-state index in [1.165, 1.54) is 18.2 Å². The Morgan fingerprint density at radius 1 is 0.941 bits per heavy atom. The van der Waals surface area contributed by atoms with Crippen LogP contribution in [0.1, 0.15) is 37.8 Å². The molecule has 1 saturated heterocycles. The van der Waals surface area contributed by atoms with E-state index in [1.54, 1.807) is 30.3 Å². The summed E-state index contributed by atoms with van der Waals surface area (Å²) in [6.07, 6.45) is -3.05. The molecule has 1 aromatic heterocycles. The molecule has 1 fully saturated rings. The summed E-state index contributed by atoms with van der Waals surface area (Å²) in [6.45, 7) is 3.68. The normalized spacial score (nSPS) is 15.6. The van der Waals surface area contributed by atoms with Crippen LogP contribution >= 0.6 is 0 Å². The van der Waals surface area contributed by atoms with Crippen LogP contribution in [-0.2, 0) is 21.1 Å². The number of pyridine rings is 1. The number of nitrogens with one attached hydrogen (secondary N) is 2. The van der Waals surface area contributed by atoms with E-state index in [-0.39, 0.29) is 11.1 Å². The number of H-pyrrole nitrogens is 1. The zero-order valence-corrected chi connectivity index (χ0v) is 18.4. The van der Waals surface area contributed by atoms with Crippen LogP contribution in [-0.4, -0.2) is 17.0 Å². The van der Waals surface area contributed by atoms with E-state index in [2.05, 4.69) is 4.98 Å². The first-order chi connectivity index (χ1) is 16.1. The topological polar surface area (TPSA) is 88.3 Å². The molecular formula is C25H21F3N2O4. The molecule has 6 nitrogen and oxygen atoms in total. The van der Waals surface area contributed by atoms with Gasteiger partial charge >= 0.3 is 12.3 Å². The van der Waals surface area contributed by atoms with Crippen LogP contribution in [0.15, 0.2) is 65.2 Å². The number of halogens is 3. The highest BCUT2D eigenvalue weighted by molar-refractivity contribution is 6.07. The number of hydrogen-bond acceptors (Lipinski definition) is 4. The molecule has 34 heavy (non-hydrogen) atoms. The summed E-state index contributed by atoms with van der Waals surface area (Å²) in [6, 6.07) is 11.8. The molecular weight excluding hydrogens is 449 g/mol. The van der Waals surface area contributed by atoms with Gasteiger partial charge in [-0.1, -0.05) is 44.2 Å². The van der Waals surface area contributed by atoms with Crippen LogP contribution in [0.4, 0.5) is 18.0 Å². The van der Waals surface area contributed by atoms with Crippen molar-refractivity contribution in [2.75, 3.05) is 0 Å². The number of alkyl carbamates (subject to hydrolysis) is 1. The Balaban J connectivity index is 1.80. The average molecular weight is 470 g/mol. The molecule has 0 spiro atoms. The number of amides is 2. The van der Waals surface area contributed by atoms with Crippen molar-refractivity contribution >= 4 is 22.8 Å². The lowest BCUT2D eigenvalue weighted by Crippen LogP contribution is -2.31. The SMILES string of the molecule is CCC(/C=C1/OC(=O)NC1=O)(CC)c1ccc(-c2ccc3cccc(C(F)(F)F)c3c2)[nH]c1=O. The summed E-state index contributed by atoms with van der Waals surface area (Å²) in [5, 5.41) is 2.50. The van der Waals surface area contributed by atoms with Gasteiger partial charge in [-0.05, 0) is 53.5 Å². The van der Waals surface area contributed by atoms with Crippen LogP contribution in [0.25, 0.3) is 22.0 Å². The first-order valence-corrected chi connectivity index (χ1v) is 10.7. The summed E-state index contributed by atoms with van der Waals surface area (Å²) in [7, 11) is 0. The number of alkyl halides is 3. The quantitative estimate of drug-likeness (QED) is 0.488. The van der Waals surface area contributed by atoms with Gasteiger partial charge in [0, 0.05) is 16.7 Å². The maximum Gasteiger partial charge on any atom is 0.419 e. The molecule has 0 radical (unpaired) electrons. The van der Waals surface area contributed by atoms with Crippen molar-refractivity contribution in [3.05, 3.63) is 81.8 Å². The molecule has 9 heteroatoms. The van der Waals surface area contributed by atoms with Gasteiger partial charge in [0.15, 0.2) is 5.76 Å². The Hall–Kier alpha value is -3.88. The van der Waals surface area contributed by atoms with Crippen LogP contribution in [0.5, 0.6) is 0 Å². The number of carbonyl (C=O) groups excluding carboxylic acids is 2. The number of hydrogen-bond donors (Lipinski definition) is 2. The molecule has 0 bridgehead atoms. The van der Waals surface area contributed by atoms with Crippen molar-refractivity contribution in [3.63, 3.8) is 0 Å². The minimum atomic E-state index is -4.51. The number of fused-ring (bicyclic) bond motifs is 1. The third kappa shape index (κ3) is 4.09. The van der Waals surface area contributed by atoms with Crippen molar-refractivity contribution in [3.8, 4) is 11.3 Å². The maximum absolute atomic E-state index is 13.5. The average Bonchev–Trinajstić information content (AvgIpc) is 3.12. The predicted octanol–water partition coefficient (Wildman–Crippen LogP) is 5.42. The van der Waals surface area contributed by atoms with Crippen LogP contribution < -0.4 is 10.9 Å². The minimum absolute atomic E-state index is 0.0349. The Labute approximate surface area is 192 Å². The van der Waals surface area contributed by atoms with Crippen LogP contribution in [0.3, 0.4) is 0 Å². The molecule has 4 rings (SSSR count). The predicted molar refractivity (Wildman–Crippen MR) is 120 cm³/mol. The molecule has 0 aliphatic carbocycles. The third-order valence-electron chi connectivity index (χ3n) is 6.26. The lowest BCUT2D eigenvalue weighted by atomic mass is 9.75. The van der Waals surface area contributed by atoms with Gasteiger partial charge in [0.25, 0.3) is 11.5 Å². The highest BCUT2D eigenvalue weighted by atomic mass is 19.4. The smallest absolute Gasteiger partial charge is 0.404 e. The number of carbonyl (C=O) groups is 2. The molecule has 2 aromatic carbocycles. The number of benzene rings is 2. The number of imide groups is 1. The lowest BCUT2D eigenvalue weighted by molar-refractivity contribution is -0.136. The summed E-state index contributed by atoms with van der Waals surface area (Å²) < 4.78 is 45.3. The van der Waals surface area contributed by atoms with Crippen molar-refractivity contribution in [1.82, 2.24) is 10.3 Å². The Morgan fingerprint density at radius 3 is 2.26 bits per heavy atom. The standard InChI is InChI=1S/C25H21F3N2O4/c1-3-24(4-2,13-20-22(32)30-23(33)34-20)18-10-11-19(29-21(18)31)15-9-8-14-6-5-7-17(16(14)12-15)25(26,27)28/h5-13H,3-4H2,1-2H3,(H,29,31)(H,30,32,33)/b20-13+. The van der Waals surface area contributed by atoms with Gasteiger partial charge < -0.3 is 9.72 Å². The molecule has 1 aliphatic heterocycles. The molecule has 0 atom stereocenters. The van der Waals surface area contributed by atoms with E-state index < -0.39 is 34.7 Å². The molecule has 176 valence electrons. The summed E-state index contributed by atoms with van der Waals surface area (Å²) in [5.41, 5.74) is -0.970. The Bertz CT molecular complexity index is 1380. The summed E-state index contributed by atoms with van der Waals surface area (Å²) in [4.78, 5) is 39.2. The summed E-state index contributed by atoms with van der Waals surface area (Å²) in [5.74, 6) is -0.854. The van der Waals surface area contributed by atoms with Crippen molar-refractivity contribution < 1.29 is 27.5 Å². The van der Waals surface area contributed by atoms with Crippen LogP contribution in [0.2, 0.25) is 0 Å². The largest absolute Gasteiger partial charge is 0.419 e. The molecule has 2 amide bonds. The fourth-order valence-electron chi connectivity index (χ4n) is 4.31. The van der Waals surface area contributed by atoms with Gasteiger partial charge in [-0.15, -0.1) is 0 Å². The van der Waals surface area contributed by atoms with Crippen molar-refractivity contribution in [2.24, 2.45) is 0 Å². The number of aromatic amines is 1. The number of allylic oxidation sites excluding steroid dienone is 1. The number of ether oxygens (including phenoxy) is 1. The van der Waals surface area contributed by atoms with Crippen molar-refractivity contribution in [2.45, 2.75) is 38.3 Å². The molecule has 3 aromatic rings. The second-order valence-electron chi connectivity index (χ2n) is 8.07. The lowest BCUT2D eigenvalue weighted by Gasteiger charge is -2.28. The highest BCUT2D eigenvalue weighted by Crippen LogP contribution is 2.37. The van der Waals surface area contributed by atoms with E-state index in [4.69, 9.17) is 4.74 Å². The second-order valence-corrected chi connectivity index (χ2v) is 8.07. The van der Waals surface area contributed by atoms with Gasteiger partial charge in [0.1, 0.15) is 0 Å². The fourth-order valence-corrected chi connectivity index (χ4v) is 4.31. The van der Waals surface area contributed by atoms with Crippen molar-refractivity contribution in [1.29, 1.82) is 0 Å². The fraction of sp³-hybridized carbons (Fsp3) is 0.240. The van der Waals surface area contributed by atoms with Gasteiger partial charge in [-0.2, -0.15) is 13.2 Å². The van der Waals surface area contributed by atoms with Crippen LogP contribution in [0, 0.1) is 0 Å². The van der Waals surface area contributed by atoms with Gasteiger partial charge in [-0.25, -0.2) is 4.79 Å². The molecule has 0 unspecified atom stereocenters. The van der Waals surface area contributed by atoms with E-state index in [0.29, 0.717) is 35.0 Å². The molecule has 0 saturated carbocycles.